The highest BCUT2D eigenvalue weighted by Gasteiger charge is 2.25. The Hall–Kier alpha value is -2.60. The number of pyridine rings is 1. The summed E-state index contributed by atoms with van der Waals surface area (Å²) in [6, 6.07) is 12.0. The van der Waals surface area contributed by atoms with E-state index in [2.05, 4.69) is 32.7 Å². The van der Waals surface area contributed by atoms with E-state index in [0.29, 0.717) is 0 Å². The van der Waals surface area contributed by atoms with Crippen LogP contribution in [-0.2, 0) is 9.53 Å². The average Bonchev–Trinajstić information content (AvgIpc) is 2.63. The van der Waals surface area contributed by atoms with Crippen molar-refractivity contribution in [2.24, 2.45) is 5.92 Å². The van der Waals surface area contributed by atoms with Gasteiger partial charge in [0.05, 0.1) is 36.5 Å². The molecule has 1 amide bonds. The third kappa shape index (κ3) is 3.80. The molecule has 6 nitrogen and oxygen atoms in total. The van der Waals surface area contributed by atoms with Crippen LogP contribution < -0.4 is 15.5 Å². The fourth-order valence-corrected chi connectivity index (χ4v) is 3.25. The number of rotatable bonds is 5. The number of nitrogens with zero attached hydrogens (tertiary/aromatic N) is 2. The third-order valence-electron chi connectivity index (χ3n) is 5.03. The summed E-state index contributed by atoms with van der Waals surface area (Å²) < 4.78 is 5.44. The first kappa shape index (κ1) is 16.8. The van der Waals surface area contributed by atoms with Gasteiger partial charge in [-0.1, -0.05) is 18.6 Å². The SMILES string of the molecule is O=C(Nc1ccc(Nc2ccccc2N2CCOCC2)nc1)C1CCC1. The van der Waals surface area contributed by atoms with E-state index in [1.54, 1.807) is 6.20 Å². The highest BCUT2D eigenvalue weighted by Crippen LogP contribution is 2.30. The van der Waals surface area contributed by atoms with E-state index in [9.17, 15) is 4.79 Å². The molecular formula is C20H24N4O2. The topological polar surface area (TPSA) is 66.5 Å². The first-order valence-electron chi connectivity index (χ1n) is 9.25. The van der Waals surface area contributed by atoms with Crippen LogP contribution >= 0.6 is 0 Å². The highest BCUT2D eigenvalue weighted by atomic mass is 16.5. The molecule has 26 heavy (non-hydrogen) atoms. The van der Waals surface area contributed by atoms with E-state index < -0.39 is 0 Å². The van der Waals surface area contributed by atoms with Gasteiger partial charge in [0.1, 0.15) is 5.82 Å². The number of amides is 1. The van der Waals surface area contributed by atoms with E-state index in [0.717, 1.165) is 68.4 Å². The predicted octanol–water partition coefficient (Wildman–Crippen LogP) is 3.40. The number of anilines is 4. The second-order valence-electron chi connectivity index (χ2n) is 6.79. The molecule has 0 unspecified atom stereocenters. The van der Waals surface area contributed by atoms with E-state index >= 15 is 0 Å². The van der Waals surface area contributed by atoms with Crippen LogP contribution in [0.15, 0.2) is 42.6 Å². The van der Waals surface area contributed by atoms with Crippen LogP contribution in [-0.4, -0.2) is 37.2 Å². The van der Waals surface area contributed by atoms with Gasteiger partial charge in [-0.15, -0.1) is 0 Å². The van der Waals surface area contributed by atoms with Gasteiger partial charge in [0.2, 0.25) is 5.91 Å². The highest BCUT2D eigenvalue weighted by molar-refractivity contribution is 5.93. The summed E-state index contributed by atoms with van der Waals surface area (Å²) in [4.78, 5) is 18.8. The first-order valence-corrected chi connectivity index (χ1v) is 9.25. The van der Waals surface area contributed by atoms with Crippen molar-refractivity contribution in [2.45, 2.75) is 19.3 Å². The Morgan fingerprint density at radius 2 is 1.92 bits per heavy atom. The lowest BCUT2D eigenvalue weighted by molar-refractivity contribution is -0.122. The number of aromatic nitrogens is 1. The molecule has 2 aromatic rings. The van der Waals surface area contributed by atoms with E-state index in [1.807, 2.05) is 24.3 Å². The number of hydrogen-bond donors (Lipinski definition) is 2. The van der Waals surface area contributed by atoms with E-state index in [-0.39, 0.29) is 11.8 Å². The van der Waals surface area contributed by atoms with Crippen LogP contribution in [0.4, 0.5) is 22.9 Å². The summed E-state index contributed by atoms with van der Waals surface area (Å²) in [5, 5.41) is 6.34. The van der Waals surface area contributed by atoms with Gasteiger partial charge in [0.15, 0.2) is 0 Å². The van der Waals surface area contributed by atoms with Gasteiger partial charge < -0.3 is 20.3 Å². The zero-order valence-electron chi connectivity index (χ0n) is 14.8. The smallest absolute Gasteiger partial charge is 0.227 e. The first-order chi connectivity index (χ1) is 12.8. The summed E-state index contributed by atoms with van der Waals surface area (Å²) >= 11 is 0. The van der Waals surface area contributed by atoms with Crippen molar-refractivity contribution < 1.29 is 9.53 Å². The Bertz CT molecular complexity index is 753. The van der Waals surface area contributed by atoms with Crippen LogP contribution in [0.5, 0.6) is 0 Å². The quantitative estimate of drug-likeness (QED) is 0.863. The van der Waals surface area contributed by atoms with Crippen molar-refractivity contribution in [3.8, 4) is 0 Å². The van der Waals surface area contributed by atoms with Crippen molar-refractivity contribution in [2.75, 3.05) is 41.8 Å². The molecule has 1 aromatic heterocycles. The van der Waals surface area contributed by atoms with Crippen LogP contribution in [0.1, 0.15) is 19.3 Å². The molecule has 2 fully saturated rings. The third-order valence-corrected chi connectivity index (χ3v) is 5.03. The molecule has 2 aliphatic rings. The number of hydrogen-bond acceptors (Lipinski definition) is 5. The lowest BCUT2D eigenvalue weighted by Crippen LogP contribution is -2.36. The van der Waals surface area contributed by atoms with Crippen LogP contribution in [0, 0.1) is 5.92 Å². The number of carbonyl (C=O) groups is 1. The fourth-order valence-electron chi connectivity index (χ4n) is 3.25. The molecule has 0 spiro atoms. The van der Waals surface area contributed by atoms with E-state index in [1.165, 1.54) is 0 Å². The summed E-state index contributed by atoms with van der Waals surface area (Å²) in [7, 11) is 0. The summed E-state index contributed by atoms with van der Waals surface area (Å²) in [5.74, 6) is 1.04. The maximum absolute atomic E-state index is 12.0. The van der Waals surface area contributed by atoms with Crippen LogP contribution in [0.25, 0.3) is 0 Å². The summed E-state index contributed by atoms with van der Waals surface area (Å²) in [5.41, 5.74) is 2.92. The molecule has 1 aromatic carbocycles. The minimum Gasteiger partial charge on any atom is -0.378 e. The largest absolute Gasteiger partial charge is 0.378 e. The Balaban J connectivity index is 1.43. The van der Waals surface area contributed by atoms with Crippen molar-refractivity contribution in [1.29, 1.82) is 0 Å². The zero-order chi connectivity index (χ0) is 17.8. The van der Waals surface area contributed by atoms with Gasteiger partial charge >= 0.3 is 0 Å². The molecule has 0 bridgehead atoms. The van der Waals surface area contributed by atoms with Crippen molar-refractivity contribution >= 4 is 28.8 Å². The summed E-state index contributed by atoms with van der Waals surface area (Å²) in [6.45, 7) is 3.28. The number of benzene rings is 1. The number of para-hydroxylation sites is 2. The molecule has 4 rings (SSSR count). The van der Waals surface area contributed by atoms with Crippen molar-refractivity contribution in [3.63, 3.8) is 0 Å². The van der Waals surface area contributed by atoms with Gasteiger partial charge in [-0.05, 0) is 37.1 Å². The number of carbonyl (C=O) groups excluding carboxylic acids is 1. The number of morpholine rings is 1. The molecule has 1 saturated heterocycles. The van der Waals surface area contributed by atoms with Crippen molar-refractivity contribution in [3.05, 3.63) is 42.6 Å². The van der Waals surface area contributed by atoms with Gasteiger partial charge in [-0.2, -0.15) is 0 Å². The number of ether oxygens (including phenoxy) is 1. The second-order valence-corrected chi connectivity index (χ2v) is 6.79. The normalized spacial score (nSPS) is 17.5. The molecule has 2 heterocycles. The molecular weight excluding hydrogens is 328 g/mol. The maximum Gasteiger partial charge on any atom is 0.227 e. The molecule has 6 heteroatoms. The van der Waals surface area contributed by atoms with Gasteiger partial charge in [0, 0.05) is 19.0 Å². The Morgan fingerprint density at radius 3 is 2.62 bits per heavy atom. The Morgan fingerprint density at radius 1 is 1.12 bits per heavy atom. The van der Waals surface area contributed by atoms with Crippen LogP contribution in [0.3, 0.4) is 0 Å². The van der Waals surface area contributed by atoms with E-state index in [4.69, 9.17) is 4.74 Å². The monoisotopic (exact) mass is 352 g/mol. The minimum atomic E-state index is 0.108. The van der Waals surface area contributed by atoms with Gasteiger partial charge in [-0.3, -0.25) is 4.79 Å². The molecule has 136 valence electrons. The predicted molar refractivity (Wildman–Crippen MR) is 103 cm³/mol. The zero-order valence-corrected chi connectivity index (χ0v) is 14.8. The second kappa shape index (κ2) is 7.74. The molecule has 2 N–H and O–H groups in total. The van der Waals surface area contributed by atoms with Gasteiger partial charge in [0.25, 0.3) is 0 Å². The Labute approximate surface area is 153 Å². The minimum absolute atomic E-state index is 0.108. The maximum atomic E-state index is 12.0. The lowest BCUT2D eigenvalue weighted by Gasteiger charge is -2.30. The van der Waals surface area contributed by atoms with Gasteiger partial charge in [-0.25, -0.2) is 4.98 Å². The molecule has 1 aliphatic carbocycles. The van der Waals surface area contributed by atoms with Crippen LogP contribution in [0.2, 0.25) is 0 Å². The van der Waals surface area contributed by atoms with Crippen molar-refractivity contribution in [1.82, 2.24) is 4.98 Å². The standard InChI is InChI=1S/C20H24N4O2/c25-20(15-4-3-5-15)22-16-8-9-19(21-14-16)23-17-6-1-2-7-18(17)24-10-12-26-13-11-24/h1-2,6-9,14-15H,3-5,10-13H2,(H,21,23)(H,22,25). The summed E-state index contributed by atoms with van der Waals surface area (Å²) in [6.07, 6.45) is 4.85. The lowest BCUT2D eigenvalue weighted by atomic mass is 9.85. The molecule has 1 saturated carbocycles. The molecule has 0 radical (unpaired) electrons. The average molecular weight is 352 g/mol. The fraction of sp³-hybridized carbons (Fsp3) is 0.400. The Kier molecular flexibility index (Phi) is 5.02. The molecule has 1 aliphatic heterocycles. The number of nitrogens with one attached hydrogen (secondary N) is 2. The molecule has 0 atom stereocenters.